The summed E-state index contributed by atoms with van der Waals surface area (Å²) in [7, 11) is 1.58. The van der Waals surface area contributed by atoms with Crippen LogP contribution in [-0.2, 0) is 7.05 Å². The molecule has 0 saturated carbocycles. The van der Waals surface area contributed by atoms with Gasteiger partial charge in [-0.3, -0.25) is 4.98 Å². The molecule has 0 fully saturated rings. The molecule has 0 atom stereocenters. The van der Waals surface area contributed by atoms with E-state index in [0.717, 1.165) is 0 Å². The Morgan fingerprint density at radius 2 is 2.22 bits per heavy atom. The van der Waals surface area contributed by atoms with Gasteiger partial charge < -0.3 is 0 Å². The van der Waals surface area contributed by atoms with Crippen LogP contribution in [-0.4, -0.2) is 14.8 Å². The Balaban J connectivity index is 0.000000291. The number of aromatic amines is 1. The molecule has 52 valence electrons. The fourth-order valence-corrected chi connectivity index (χ4v) is 0.317. The summed E-state index contributed by atoms with van der Waals surface area (Å²) >= 11 is 0. The Labute approximate surface area is 53.5 Å². The first-order valence-electron chi connectivity index (χ1n) is 2.87. The highest BCUT2D eigenvalue weighted by atomic mass is 16.1. The predicted octanol–water partition coefficient (Wildman–Crippen LogP) is 0.135. The summed E-state index contributed by atoms with van der Waals surface area (Å²) in [6.07, 6.45) is 1.35. The third kappa shape index (κ3) is 2.12. The monoisotopic (exact) mass is 129 g/mol. The summed E-state index contributed by atoms with van der Waals surface area (Å²) in [4.78, 5) is 12.6. The van der Waals surface area contributed by atoms with Gasteiger partial charge >= 0.3 is 5.69 Å². The minimum Gasteiger partial charge on any atom is -0.295 e. The number of hydrogen-bond acceptors (Lipinski definition) is 2. The van der Waals surface area contributed by atoms with E-state index in [2.05, 4.69) is 10.1 Å². The number of hydrogen-bond donors (Lipinski definition) is 1. The van der Waals surface area contributed by atoms with Crippen LogP contribution in [0.2, 0.25) is 0 Å². The maximum atomic E-state index is 10.3. The second-order valence-electron chi connectivity index (χ2n) is 1.22. The highest BCUT2D eigenvalue weighted by molar-refractivity contribution is 4.54. The first-order chi connectivity index (χ1) is 4.30. The van der Waals surface area contributed by atoms with Gasteiger partial charge in [0.2, 0.25) is 0 Å². The standard InChI is InChI=1S/C3H5N3O.C2H6/c1-6-3(7)4-2-5-6;1-2/h2H,1H3,(H,4,5,7);1-2H3. The molecule has 9 heavy (non-hydrogen) atoms. The molecule has 4 heteroatoms. The lowest BCUT2D eigenvalue weighted by atomic mass is 11.0. The largest absolute Gasteiger partial charge is 0.342 e. The summed E-state index contributed by atoms with van der Waals surface area (Å²) in [5, 5.41) is 3.56. The third-order valence-corrected chi connectivity index (χ3v) is 0.713. The summed E-state index contributed by atoms with van der Waals surface area (Å²) in [6, 6.07) is 0. The first kappa shape index (κ1) is 7.94. The van der Waals surface area contributed by atoms with Crippen molar-refractivity contribution < 1.29 is 0 Å². The first-order valence-corrected chi connectivity index (χ1v) is 2.87. The van der Waals surface area contributed by atoms with Crippen LogP contribution in [0.25, 0.3) is 0 Å². The van der Waals surface area contributed by atoms with Gasteiger partial charge in [0.15, 0.2) is 0 Å². The number of aryl methyl sites for hydroxylation is 1. The van der Waals surface area contributed by atoms with Crippen molar-refractivity contribution in [1.82, 2.24) is 14.8 Å². The lowest BCUT2D eigenvalue weighted by Gasteiger charge is -1.74. The van der Waals surface area contributed by atoms with Crippen LogP contribution in [0, 0.1) is 0 Å². The fraction of sp³-hybridized carbons (Fsp3) is 0.600. The van der Waals surface area contributed by atoms with E-state index in [4.69, 9.17) is 0 Å². The van der Waals surface area contributed by atoms with Gasteiger partial charge in [0.05, 0.1) is 0 Å². The molecule has 1 heterocycles. The molecule has 0 saturated heterocycles. The Bertz CT molecular complexity index is 200. The van der Waals surface area contributed by atoms with Crippen molar-refractivity contribution in [3.05, 3.63) is 16.8 Å². The van der Waals surface area contributed by atoms with Gasteiger partial charge in [-0.15, -0.1) is 0 Å². The molecule has 0 bridgehead atoms. The van der Waals surface area contributed by atoms with E-state index in [9.17, 15) is 4.79 Å². The van der Waals surface area contributed by atoms with Crippen molar-refractivity contribution in [1.29, 1.82) is 0 Å². The quantitative estimate of drug-likeness (QED) is 0.541. The van der Waals surface area contributed by atoms with Gasteiger partial charge in [-0.25, -0.2) is 9.48 Å². The van der Waals surface area contributed by atoms with Crippen molar-refractivity contribution in [2.75, 3.05) is 0 Å². The van der Waals surface area contributed by atoms with Crippen molar-refractivity contribution in [3.8, 4) is 0 Å². The Morgan fingerprint density at radius 3 is 2.33 bits per heavy atom. The van der Waals surface area contributed by atoms with Gasteiger partial charge in [0.25, 0.3) is 0 Å². The SMILES string of the molecule is CC.Cn1nc[nH]c1=O. The minimum absolute atomic E-state index is 0.181. The highest BCUT2D eigenvalue weighted by Crippen LogP contribution is 1.54. The molecular weight excluding hydrogens is 118 g/mol. The van der Waals surface area contributed by atoms with Crippen LogP contribution in [0.1, 0.15) is 13.8 Å². The Kier molecular flexibility index (Phi) is 3.43. The zero-order valence-electron chi connectivity index (χ0n) is 5.88. The molecule has 0 spiro atoms. The number of nitrogens with one attached hydrogen (secondary N) is 1. The molecule has 1 N–H and O–H groups in total. The lowest BCUT2D eigenvalue weighted by molar-refractivity contribution is 0.734. The molecule has 0 aromatic carbocycles. The van der Waals surface area contributed by atoms with Gasteiger partial charge in [-0.05, 0) is 0 Å². The van der Waals surface area contributed by atoms with E-state index in [-0.39, 0.29) is 5.69 Å². The molecule has 0 aliphatic rings. The topological polar surface area (TPSA) is 50.7 Å². The summed E-state index contributed by atoms with van der Waals surface area (Å²) in [5.74, 6) is 0. The molecule has 4 nitrogen and oxygen atoms in total. The maximum Gasteiger partial charge on any atom is 0.342 e. The molecule has 1 aromatic heterocycles. The smallest absolute Gasteiger partial charge is 0.295 e. The second kappa shape index (κ2) is 3.88. The molecule has 1 rings (SSSR count). The molecule has 0 amide bonds. The normalized spacial score (nSPS) is 7.89. The Hall–Kier alpha value is -1.06. The van der Waals surface area contributed by atoms with Crippen LogP contribution in [0.5, 0.6) is 0 Å². The van der Waals surface area contributed by atoms with Gasteiger partial charge in [-0.2, -0.15) is 5.10 Å². The number of aromatic nitrogens is 3. The van der Waals surface area contributed by atoms with Gasteiger partial charge in [0, 0.05) is 7.05 Å². The molecule has 0 unspecified atom stereocenters. The molecular formula is C5H11N3O. The Morgan fingerprint density at radius 1 is 1.67 bits per heavy atom. The van der Waals surface area contributed by atoms with Crippen LogP contribution >= 0.6 is 0 Å². The van der Waals surface area contributed by atoms with E-state index in [0.29, 0.717) is 0 Å². The van der Waals surface area contributed by atoms with E-state index in [1.165, 1.54) is 11.0 Å². The van der Waals surface area contributed by atoms with Crippen LogP contribution in [0.3, 0.4) is 0 Å². The summed E-state index contributed by atoms with van der Waals surface area (Å²) in [5.41, 5.74) is -0.181. The lowest BCUT2D eigenvalue weighted by Crippen LogP contribution is -2.12. The number of H-pyrrole nitrogens is 1. The average Bonchev–Trinajstić information content (AvgIpc) is 2.23. The number of rotatable bonds is 0. The van der Waals surface area contributed by atoms with Crippen LogP contribution in [0.4, 0.5) is 0 Å². The van der Waals surface area contributed by atoms with Gasteiger partial charge in [-0.1, -0.05) is 13.8 Å². The van der Waals surface area contributed by atoms with E-state index >= 15 is 0 Å². The summed E-state index contributed by atoms with van der Waals surface area (Å²) < 4.78 is 1.22. The fourth-order valence-electron chi connectivity index (χ4n) is 0.317. The van der Waals surface area contributed by atoms with Gasteiger partial charge in [0.1, 0.15) is 6.33 Å². The van der Waals surface area contributed by atoms with E-state index in [1.807, 2.05) is 13.8 Å². The average molecular weight is 129 g/mol. The van der Waals surface area contributed by atoms with E-state index < -0.39 is 0 Å². The molecule has 0 radical (unpaired) electrons. The number of nitrogens with zero attached hydrogens (tertiary/aromatic N) is 2. The molecule has 0 aliphatic heterocycles. The van der Waals surface area contributed by atoms with Crippen LogP contribution < -0.4 is 5.69 Å². The van der Waals surface area contributed by atoms with Crippen molar-refractivity contribution >= 4 is 0 Å². The zero-order valence-corrected chi connectivity index (χ0v) is 5.88. The van der Waals surface area contributed by atoms with Crippen molar-refractivity contribution in [3.63, 3.8) is 0 Å². The second-order valence-corrected chi connectivity index (χ2v) is 1.22. The van der Waals surface area contributed by atoms with Crippen LogP contribution in [0.15, 0.2) is 11.1 Å². The highest BCUT2D eigenvalue weighted by Gasteiger charge is 1.82. The predicted molar refractivity (Wildman–Crippen MR) is 35.2 cm³/mol. The van der Waals surface area contributed by atoms with Crippen molar-refractivity contribution in [2.24, 2.45) is 7.05 Å². The maximum absolute atomic E-state index is 10.3. The molecule has 0 aliphatic carbocycles. The molecule has 1 aromatic rings. The minimum atomic E-state index is -0.181. The van der Waals surface area contributed by atoms with Crippen molar-refractivity contribution in [2.45, 2.75) is 13.8 Å². The third-order valence-electron chi connectivity index (χ3n) is 0.713. The zero-order chi connectivity index (χ0) is 7.28. The van der Waals surface area contributed by atoms with E-state index in [1.54, 1.807) is 7.05 Å². The summed E-state index contributed by atoms with van der Waals surface area (Å²) in [6.45, 7) is 4.00.